The van der Waals surface area contributed by atoms with Gasteiger partial charge in [0.25, 0.3) is 0 Å². The molecule has 1 saturated heterocycles. The maximum Gasteiger partial charge on any atom is 0.0655 e. The molecule has 2 rings (SSSR count). The van der Waals surface area contributed by atoms with E-state index in [-0.39, 0.29) is 0 Å². The summed E-state index contributed by atoms with van der Waals surface area (Å²) in [5, 5.41) is 3.74. The summed E-state index contributed by atoms with van der Waals surface area (Å²) in [6.07, 6.45) is 5.69. The van der Waals surface area contributed by atoms with Crippen molar-refractivity contribution in [1.82, 2.24) is 10.2 Å². The molecule has 3 heteroatoms. The Bertz CT molecular complexity index is 285. The van der Waals surface area contributed by atoms with Crippen LogP contribution in [-0.2, 0) is 4.74 Å². The van der Waals surface area contributed by atoms with Crippen LogP contribution in [0.3, 0.4) is 0 Å². The first-order chi connectivity index (χ1) is 9.54. The van der Waals surface area contributed by atoms with Crippen LogP contribution in [0.25, 0.3) is 0 Å². The van der Waals surface area contributed by atoms with Gasteiger partial charge in [-0.1, -0.05) is 20.8 Å². The fraction of sp³-hybridized carbons (Fsp3) is 1.00. The molecule has 2 fully saturated rings. The van der Waals surface area contributed by atoms with Gasteiger partial charge in [0.05, 0.1) is 6.10 Å². The molecule has 1 heterocycles. The van der Waals surface area contributed by atoms with E-state index < -0.39 is 0 Å². The highest BCUT2D eigenvalue weighted by Crippen LogP contribution is 2.42. The van der Waals surface area contributed by atoms with Gasteiger partial charge in [0.15, 0.2) is 0 Å². The molecule has 1 saturated carbocycles. The van der Waals surface area contributed by atoms with Crippen LogP contribution >= 0.6 is 0 Å². The van der Waals surface area contributed by atoms with E-state index in [2.05, 4.69) is 37.9 Å². The van der Waals surface area contributed by atoms with Crippen LogP contribution in [0.2, 0.25) is 0 Å². The smallest absolute Gasteiger partial charge is 0.0655 e. The predicted octanol–water partition coefficient (Wildman–Crippen LogP) is 2.90. The van der Waals surface area contributed by atoms with Crippen molar-refractivity contribution in [2.45, 2.75) is 65.5 Å². The van der Waals surface area contributed by atoms with E-state index in [0.29, 0.717) is 17.6 Å². The highest BCUT2D eigenvalue weighted by Gasteiger charge is 2.48. The molecule has 2 atom stereocenters. The highest BCUT2D eigenvalue weighted by atomic mass is 16.5. The quantitative estimate of drug-likeness (QED) is 0.727. The Morgan fingerprint density at radius 1 is 1.25 bits per heavy atom. The molecule has 20 heavy (non-hydrogen) atoms. The maximum atomic E-state index is 5.79. The lowest BCUT2D eigenvalue weighted by molar-refractivity contribution is -0.114. The monoisotopic (exact) mass is 282 g/mol. The molecule has 1 aliphatic heterocycles. The summed E-state index contributed by atoms with van der Waals surface area (Å²) < 4.78 is 5.79. The van der Waals surface area contributed by atoms with Crippen molar-refractivity contribution in [1.29, 1.82) is 0 Å². The van der Waals surface area contributed by atoms with Crippen LogP contribution in [-0.4, -0.2) is 49.8 Å². The van der Waals surface area contributed by atoms with Crippen LogP contribution in [0.1, 0.15) is 53.4 Å². The van der Waals surface area contributed by atoms with Gasteiger partial charge in [-0.2, -0.15) is 0 Å². The normalized spacial score (nSPS) is 31.2. The Morgan fingerprint density at radius 2 is 1.95 bits per heavy atom. The molecule has 0 amide bonds. The molecule has 0 aromatic carbocycles. The van der Waals surface area contributed by atoms with Gasteiger partial charge in [-0.3, -0.25) is 0 Å². The van der Waals surface area contributed by atoms with Crippen LogP contribution < -0.4 is 5.32 Å². The van der Waals surface area contributed by atoms with Crippen molar-refractivity contribution in [3.05, 3.63) is 0 Å². The molecule has 0 aromatic rings. The lowest BCUT2D eigenvalue weighted by Gasteiger charge is -2.52. The Kier molecular flexibility index (Phi) is 5.88. The first-order valence-corrected chi connectivity index (χ1v) is 8.61. The van der Waals surface area contributed by atoms with Crippen LogP contribution in [0.5, 0.6) is 0 Å². The molecule has 1 N–H and O–H groups in total. The molecule has 118 valence electrons. The number of nitrogens with one attached hydrogen (secondary N) is 1. The fourth-order valence-electron chi connectivity index (χ4n) is 3.58. The summed E-state index contributed by atoms with van der Waals surface area (Å²) in [5.74, 6) is 0.940. The van der Waals surface area contributed by atoms with E-state index in [0.717, 1.165) is 19.1 Å². The first kappa shape index (κ1) is 16.3. The number of likely N-dealkylation sites (tertiary alicyclic amines) is 1. The lowest BCUT2D eigenvalue weighted by atomic mass is 9.64. The van der Waals surface area contributed by atoms with Crippen LogP contribution in [0.15, 0.2) is 0 Å². The van der Waals surface area contributed by atoms with Gasteiger partial charge in [-0.15, -0.1) is 0 Å². The molecule has 0 bridgehead atoms. The predicted molar refractivity (Wildman–Crippen MR) is 85.1 cm³/mol. The Hall–Kier alpha value is -0.120. The summed E-state index contributed by atoms with van der Waals surface area (Å²) in [6.45, 7) is 15.0. The van der Waals surface area contributed by atoms with E-state index in [4.69, 9.17) is 4.74 Å². The zero-order valence-corrected chi connectivity index (χ0v) is 14.0. The van der Waals surface area contributed by atoms with Gasteiger partial charge in [0, 0.05) is 18.1 Å². The van der Waals surface area contributed by atoms with Crippen molar-refractivity contribution in [2.75, 3.05) is 32.8 Å². The minimum atomic E-state index is 0.302. The van der Waals surface area contributed by atoms with Crippen LogP contribution in [0, 0.1) is 11.3 Å². The first-order valence-electron chi connectivity index (χ1n) is 8.61. The molecule has 0 aromatic heterocycles. The second-order valence-corrected chi connectivity index (χ2v) is 7.39. The third-order valence-corrected chi connectivity index (χ3v) is 5.46. The molecule has 2 unspecified atom stereocenters. The number of piperidine rings is 1. The molecule has 3 nitrogen and oxygen atoms in total. The van der Waals surface area contributed by atoms with Crippen molar-refractivity contribution in [3.8, 4) is 0 Å². The summed E-state index contributed by atoms with van der Waals surface area (Å²) in [4.78, 5) is 2.64. The zero-order chi connectivity index (χ0) is 14.6. The lowest BCUT2D eigenvalue weighted by Crippen LogP contribution is -2.61. The van der Waals surface area contributed by atoms with Gasteiger partial charge < -0.3 is 15.0 Å². The van der Waals surface area contributed by atoms with Gasteiger partial charge in [-0.25, -0.2) is 0 Å². The molecule has 2 aliphatic rings. The number of ether oxygens (including phenoxy) is 1. The highest BCUT2D eigenvalue weighted by molar-refractivity contribution is 5.02. The summed E-state index contributed by atoms with van der Waals surface area (Å²) in [6, 6.07) is 0.639. The molecule has 0 spiro atoms. The van der Waals surface area contributed by atoms with Crippen molar-refractivity contribution < 1.29 is 4.74 Å². The third kappa shape index (κ3) is 3.96. The standard InChI is InChI=1S/C17H34N2O/c1-5-20-16-13-15(17(16,3)4)18-9-6-10-19-11-7-14(2)8-12-19/h14-16,18H,5-13H2,1-4H3. The summed E-state index contributed by atoms with van der Waals surface area (Å²) in [5.41, 5.74) is 0.302. The zero-order valence-electron chi connectivity index (χ0n) is 14.0. The minimum absolute atomic E-state index is 0.302. The summed E-state index contributed by atoms with van der Waals surface area (Å²) in [7, 11) is 0. The Morgan fingerprint density at radius 3 is 2.55 bits per heavy atom. The number of rotatable bonds is 7. The average Bonchev–Trinajstić information content (AvgIpc) is 2.43. The second-order valence-electron chi connectivity index (χ2n) is 7.39. The maximum absolute atomic E-state index is 5.79. The molecular weight excluding hydrogens is 248 g/mol. The van der Waals surface area contributed by atoms with Gasteiger partial charge in [0.2, 0.25) is 0 Å². The third-order valence-electron chi connectivity index (χ3n) is 5.46. The molecule has 0 radical (unpaired) electrons. The largest absolute Gasteiger partial charge is 0.378 e. The minimum Gasteiger partial charge on any atom is -0.378 e. The van der Waals surface area contributed by atoms with Gasteiger partial charge >= 0.3 is 0 Å². The number of hydrogen-bond acceptors (Lipinski definition) is 3. The van der Waals surface area contributed by atoms with E-state index >= 15 is 0 Å². The van der Waals surface area contributed by atoms with Gasteiger partial charge in [-0.05, 0) is 64.7 Å². The second kappa shape index (κ2) is 7.24. The van der Waals surface area contributed by atoms with E-state index in [1.807, 2.05) is 0 Å². The number of hydrogen-bond donors (Lipinski definition) is 1. The van der Waals surface area contributed by atoms with Crippen LogP contribution in [0.4, 0.5) is 0 Å². The fourth-order valence-corrected chi connectivity index (χ4v) is 3.58. The topological polar surface area (TPSA) is 24.5 Å². The Labute approximate surface area is 125 Å². The summed E-state index contributed by atoms with van der Waals surface area (Å²) >= 11 is 0. The van der Waals surface area contributed by atoms with E-state index in [1.165, 1.54) is 45.3 Å². The average molecular weight is 282 g/mol. The molecular formula is C17H34N2O. The number of nitrogens with zero attached hydrogens (tertiary/aromatic N) is 1. The molecule has 1 aliphatic carbocycles. The van der Waals surface area contributed by atoms with E-state index in [9.17, 15) is 0 Å². The van der Waals surface area contributed by atoms with Crippen molar-refractivity contribution in [2.24, 2.45) is 11.3 Å². The van der Waals surface area contributed by atoms with Crippen molar-refractivity contribution in [3.63, 3.8) is 0 Å². The SMILES string of the molecule is CCOC1CC(NCCCN2CCC(C)CC2)C1(C)C. The van der Waals surface area contributed by atoms with Gasteiger partial charge in [0.1, 0.15) is 0 Å². The Balaban J connectivity index is 1.56. The van der Waals surface area contributed by atoms with Crippen molar-refractivity contribution >= 4 is 0 Å². The van der Waals surface area contributed by atoms with E-state index in [1.54, 1.807) is 0 Å².